The van der Waals surface area contributed by atoms with E-state index in [1.54, 1.807) is 0 Å². The SMILES string of the molecule is CCCCCC/C=C\C=C/CCCCCCCC(=O)O[C@H](COC(=O)CCCCCCCCCCCCCC)COP(=O)(O)OC[C@H](O)COP(=O)(O)OC[C@@H](COC(=O)CCCCCCCCCCCCCCCCC(C)C)OC(=O)CCCCCCCCCCCCCCCCCCCCC(C)C. The van der Waals surface area contributed by atoms with E-state index in [1.165, 1.54) is 238 Å². The Morgan fingerprint density at radius 3 is 0.781 bits per heavy atom. The van der Waals surface area contributed by atoms with Crippen LogP contribution in [-0.2, 0) is 65.4 Å². The highest BCUT2D eigenvalue weighted by Gasteiger charge is 2.30. The molecule has 620 valence electrons. The van der Waals surface area contributed by atoms with E-state index in [-0.39, 0.29) is 25.7 Å². The third-order valence-electron chi connectivity index (χ3n) is 19.6. The highest BCUT2D eigenvalue weighted by atomic mass is 31.2. The van der Waals surface area contributed by atoms with Crippen LogP contribution in [0.2, 0.25) is 0 Å². The fourth-order valence-corrected chi connectivity index (χ4v) is 14.5. The lowest BCUT2D eigenvalue weighted by Gasteiger charge is -2.21. The van der Waals surface area contributed by atoms with Crippen molar-refractivity contribution in [3.63, 3.8) is 0 Å². The molecule has 0 spiro atoms. The number of allylic oxidation sites excluding steroid dienone is 4. The van der Waals surface area contributed by atoms with Crippen molar-refractivity contribution in [1.29, 1.82) is 0 Å². The van der Waals surface area contributed by atoms with Gasteiger partial charge < -0.3 is 33.8 Å². The van der Waals surface area contributed by atoms with Gasteiger partial charge in [0.1, 0.15) is 19.3 Å². The maximum Gasteiger partial charge on any atom is 0.472 e. The van der Waals surface area contributed by atoms with Gasteiger partial charge in [-0.15, -0.1) is 0 Å². The van der Waals surface area contributed by atoms with Crippen LogP contribution in [0.3, 0.4) is 0 Å². The largest absolute Gasteiger partial charge is 0.472 e. The highest BCUT2D eigenvalue weighted by Crippen LogP contribution is 2.45. The molecule has 5 atom stereocenters. The van der Waals surface area contributed by atoms with Crippen molar-refractivity contribution in [2.75, 3.05) is 39.6 Å². The second kappa shape index (κ2) is 76.9. The van der Waals surface area contributed by atoms with Gasteiger partial charge in [-0.2, -0.15) is 0 Å². The molecule has 105 heavy (non-hydrogen) atoms. The van der Waals surface area contributed by atoms with Gasteiger partial charge >= 0.3 is 39.5 Å². The standard InChI is InChI=1S/C86H164O17P2/c1-7-9-11-13-15-17-19-21-26-34-40-46-52-58-64-70-85(90)102-81(74-96-83(88)68-62-56-50-44-38-20-18-16-14-12-10-8-2)76-100-104(92,93)98-72-80(87)73-99-105(94,95)101-77-82(75-97-84(89)69-63-57-51-45-39-33-30-29-32-37-43-49-55-61-67-79(5)6)103-86(91)71-65-59-53-47-41-35-28-25-23-22-24-27-31-36-42-48-54-60-66-78(3)4/h17,19,21,26,78-82,87H,7-16,18,20,22-25,27-77H2,1-6H3,(H,92,93)(H,94,95)/b19-17-,26-21-/t80-,81+,82+/m0/s1. The topological polar surface area (TPSA) is 237 Å². The Morgan fingerprint density at radius 1 is 0.295 bits per heavy atom. The van der Waals surface area contributed by atoms with Crippen LogP contribution in [0.4, 0.5) is 0 Å². The molecule has 0 aromatic rings. The minimum atomic E-state index is -4.97. The fraction of sp³-hybridized carbons (Fsp3) is 0.907. The van der Waals surface area contributed by atoms with E-state index in [4.69, 9.17) is 37.0 Å². The number of ether oxygens (including phenoxy) is 4. The zero-order chi connectivity index (χ0) is 77.1. The zero-order valence-corrected chi connectivity index (χ0v) is 70.3. The summed E-state index contributed by atoms with van der Waals surface area (Å²) < 4.78 is 68.8. The average Bonchev–Trinajstić information content (AvgIpc) is 0.981. The Morgan fingerprint density at radius 2 is 0.514 bits per heavy atom. The third kappa shape index (κ3) is 79.4. The van der Waals surface area contributed by atoms with E-state index in [0.29, 0.717) is 25.7 Å². The van der Waals surface area contributed by atoms with Crippen LogP contribution in [0.15, 0.2) is 24.3 Å². The van der Waals surface area contributed by atoms with Crippen LogP contribution in [0.25, 0.3) is 0 Å². The van der Waals surface area contributed by atoms with Crippen molar-refractivity contribution in [2.45, 2.75) is 452 Å². The van der Waals surface area contributed by atoms with Crippen molar-refractivity contribution in [1.82, 2.24) is 0 Å². The number of phosphoric ester groups is 2. The van der Waals surface area contributed by atoms with Crippen LogP contribution in [0, 0.1) is 11.8 Å². The summed E-state index contributed by atoms with van der Waals surface area (Å²) in [6, 6.07) is 0. The number of esters is 4. The van der Waals surface area contributed by atoms with Gasteiger partial charge in [-0.05, 0) is 63.2 Å². The van der Waals surface area contributed by atoms with Crippen molar-refractivity contribution >= 4 is 39.5 Å². The molecule has 0 saturated carbocycles. The summed E-state index contributed by atoms with van der Waals surface area (Å²) in [5.74, 6) is -0.514. The first-order chi connectivity index (χ1) is 50.9. The Hall–Kier alpha value is -2.46. The Labute approximate surface area is 643 Å². The summed E-state index contributed by atoms with van der Waals surface area (Å²) in [6.07, 6.45) is 71.5. The van der Waals surface area contributed by atoms with Crippen LogP contribution in [-0.4, -0.2) is 96.7 Å². The molecular formula is C86H164O17P2. The van der Waals surface area contributed by atoms with Gasteiger partial charge in [0, 0.05) is 25.7 Å². The predicted octanol–water partition coefficient (Wildman–Crippen LogP) is 25.8. The van der Waals surface area contributed by atoms with E-state index >= 15 is 0 Å². The molecule has 0 saturated heterocycles. The first-order valence-electron chi connectivity index (χ1n) is 43.8. The van der Waals surface area contributed by atoms with Crippen LogP contribution >= 0.6 is 15.6 Å². The summed E-state index contributed by atoms with van der Waals surface area (Å²) in [7, 11) is -9.94. The van der Waals surface area contributed by atoms with Crippen molar-refractivity contribution in [3.8, 4) is 0 Å². The molecule has 0 aliphatic carbocycles. The highest BCUT2D eigenvalue weighted by molar-refractivity contribution is 7.47. The smallest absolute Gasteiger partial charge is 0.462 e. The van der Waals surface area contributed by atoms with Gasteiger partial charge in [0.15, 0.2) is 12.2 Å². The summed E-state index contributed by atoms with van der Waals surface area (Å²) in [4.78, 5) is 73.2. The van der Waals surface area contributed by atoms with Gasteiger partial charge in [0.25, 0.3) is 0 Å². The quantitative estimate of drug-likeness (QED) is 0.0169. The van der Waals surface area contributed by atoms with E-state index in [1.807, 2.05) is 0 Å². The Kier molecular flexibility index (Phi) is 75.1. The minimum Gasteiger partial charge on any atom is -0.462 e. The normalized spacial score (nSPS) is 14.0. The molecule has 2 unspecified atom stereocenters. The maximum atomic E-state index is 13.1. The number of hydrogen-bond donors (Lipinski definition) is 3. The number of aliphatic hydroxyl groups excluding tert-OH is 1. The van der Waals surface area contributed by atoms with Gasteiger partial charge in [-0.3, -0.25) is 37.3 Å². The lowest BCUT2D eigenvalue weighted by atomic mass is 10.0. The first kappa shape index (κ1) is 103. The lowest BCUT2D eigenvalue weighted by molar-refractivity contribution is -0.161. The van der Waals surface area contributed by atoms with E-state index in [2.05, 4.69) is 65.8 Å². The zero-order valence-electron chi connectivity index (χ0n) is 68.5. The van der Waals surface area contributed by atoms with Crippen molar-refractivity contribution in [3.05, 3.63) is 24.3 Å². The lowest BCUT2D eigenvalue weighted by Crippen LogP contribution is -2.30. The second-order valence-electron chi connectivity index (χ2n) is 31.2. The molecular weight excluding hydrogens is 1370 g/mol. The molecule has 0 fully saturated rings. The molecule has 17 nitrogen and oxygen atoms in total. The summed E-state index contributed by atoms with van der Waals surface area (Å²) >= 11 is 0. The summed E-state index contributed by atoms with van der Waals surface area (Å²) in [5, 5.41) is 10.7. The van der Waals surface area contributed by atoms with Crippen molar-refractivity contribution in [2.24, 2.45) is 11.8 Å². The van der Waals surface area contributed by atoms with Gasteiger partial charge in [-0.1, -0.05) is 380 Å². The van der Waals surface area contributed by atoms with Crippen LogP contribution in [0.1, 0.15) is 433 Å². The molecule has 19 heteroatoms. The monoisotopic (exact) mass is 1530 g/mol. The Bertz CT molecular complexity index is 2110. The molecule has 0 aromatic carbocycles. The molecule has 0 rings (SSSR count). The number of hydrogen-bond acceptors (Lipinski definition) is 15. The molecule has 0 radical (unpaired) electrons. The second-order valence-corrected chi connectivity index (χ2v) is 34.1. The van der Waals surface area contributed by atoms with Gasteiger partial charge in [-0.25, -0.2) is 9.13 Å². The minimum absolute atomic E-state index is 0.0856. The van der Waals surface area contributed by atoms with Crippen LogP contribution < -0.4 is 0 Å². The number of unbranched alkanes of at least 4 members (excludes halogenated alkanes) is 50. The van der Waals surface area contributed by atoms with Gasteiger partial charge in [0.2, 0.25) is 0 Å². The fourth-order valence-electron chi connectivity index (χ4n) is 12.9. The molecule has 3 N–H and O–H groups in total. The van der Waals surface area contributed by atoms with Crippen LogP contribution in [0.5, 0.6) is 0 Å². The van der Waals surface area contributed by atoms with E-state index in [0.717, 1.165) is 115 Å². The third-order valence-corrected chi connectivity index (χ3v) is 21.5. The predicted molar refractivity (Wildman–Crippen MR) is 432 cm³/mol. The number of rotatable bonds is 83. The maximum absolute atomic E-state index is 13.1. The van der Waals surface area contributed by atoms with E-state index in [9.17, 15) is 43.2 Å². The van der Waals surface area contributed by atoms with Gasteiger partial charge in [0.05, 0.1) is 26.4 Å². The summed E-state index contributed by atoms with van der Waals surface area (Å²) in [6.45, 7) is 9.66. The summed E-state index contributed by atoms with van der Waals surface area (Å²) in [5.41, 5.74) is 0. The molecule has 0 bridgehead atoms. The van der Waals surface area contributed by atoms with E-state index < -0.39 is 97.5 Å². The molecule has 0 aliphatic heterocycles. The first-order valence-corrected chi connectivity index (χ1v) is 46.8. The molecule has 0 amide bonds. The van der Waals surface area contributed by atoms with Crippen molar-refractivity contribution < 1.29 is 80.2 Å². The average molecular weight is 1530 g/mol. The molecule has 0 aliphatic rings. The Balaban J connectivity index is 5.28. The number of aliphatic hydroxyl groups is 1. The number of carbonyl (C=O) groups is 4. The number of phosphoric acid groups is 2. The molecule has 0 heterocycles. The molecule has 0 aromatic heterocycles. The number of carbonyl (C=O) groups excluding carboxylic acids is 4.